The molecule has 0 unspecified atom stereocenters. The van der Waals surface area contributed by atoms with Gasteiger partial charge in [-0.2, -0.15) is 0 Å². The zero-order valence-corrected chi connectivity index (χ0v) is 20.1. The Morgan fingerprint density at radius 3 is 2.55 bits per heavy atom. The van der Waals surface area contributed by atoms with E-state index >= 15 is 0 Å². The predicted molar refractivity (Wildman–Crippen MR) is 131 cm³/mol. The minimum absolute atomic E-state index is 0.0307. The van der Waals surface area contributed by atoms with Gasteiger partial charge in [-0.15, -0.1) is 0 Å². The van der Waals surface area contributed by atoms with E-state index in [1.807, 2.05) is 30.3 Å². The summed E-state index contributed by atoms with van der Waals surface area (Å²) in [5.74, 6) is -0.347. The SMILES string of the molecule is COCCN1C(=S)N[C@@H](c2ccccn2)[C@H]1c1cc(C)n(-c2ccc(C(=O)OC)cc2)c1C. The van der Waals surface area contributed by atoms with Crippen molar-refractivity contribution >= 4 is 23.3 Å². The molecule has 0 bridgehead atoms. The average Bonchev–Trinajstić information content (AvgIpc) is 3.32. The fourth-order valence-corrected chi connectivity index (χ4v) is 4.86. The van der Waals surface area contributed by atoms with Crippen molar-refractivity contribution in [2.75, 3.05) is 27.4 Å². The number of aryl methyl sites for hydroxylation is 1. The first-order valence-electron chi connectivity index (χ1n) is 10.8. The third-order valence-electron chi connectivity index (χ3n) is 6.07. The molecule has 33 heavy (non-hydrogen) atoms. The van der Waals surface area contributed by atoms with Gasteiger partial charge in [-0.1, -0.05) is 6.07 Å². The minimum atomic E-state index is -0.347. The van der Waals surface area contributed by atoms with Crippen molar-refractivity contribution in [3.8, 4) is 5.69 Å². The van der Waals surface area contributed by atoms with E-state index < -0.39 is 0 Å². The third-order valence-corrected chi connectivity index (χ3v) is 6.42. The quantitative estimate of drug-likeness (QED) is 0.420. The number of hydrogen-bond donors (Lipinski definition) is 1. The molecule has 1 aromatic carbocycles. The number of nitrogens with one attached hydrogen (secondary N) is 1. The zero-order chi connectivity index (χ0) is 23.5. The largest absolute Gasteiger partial charge is 0.465 e. The number of ether oxygens (including phenoxy) is 2. The molecule has 0 saturated carbocycles. The molecule has 0 aliphatic carbocycles. The fourth-order valence-electron chi connectivity index (χ4n) is 4.52. The van der Waals surface area contributed by atoms with Gasteiger partial charge in [0.1, 0.15) is 0 Å². The Bertz CT molecular complexity index is 1140. The molecule has 1 aliphatic heterocycles. The van der Waals surface area contributed by atoms with E-state index in [4.69, 9.17) is 21.7 Å². The Morgan fingerprint density at radius 2 is 1.91 bits per heavy atom. The molecular weight excluding hydrogens is 436 g/mol. The van der Waals surface area contributed by atoms with Crippen LogP contribution in [0, 0.1) is 13.8 Å². The van der Waals surface area contributed by atoms with Crippen molar-refractivity contribution in [1.29, 1.82) is 0 Å². The van der Waals surface area contributed by atoms with Crippen LogP contribution in [-0.2, 0) is 9.47 Å². The Kier molecular flexibility index (Phi) is 6.76. The van der Waals surface area contributed by atoms with Crippen LogP contribution in [0.5, 0.6) is 0 Å². The van der Waals surface area contributed by atoms with Crippen molar-refractivity contribution in [2.45, 2.75) is 25.9 Å². The predicted octanol–water partition coefficient (Wildman–Crippen LogP) is 3.89. The van der Waals surface area contributed by atoms with Crippen LogP contribution in [0.2, 0.25) is 0 Å². The number of nitrogens with zero attached hydrogens (tertiary/aromatic N) is 3. The number of carbonyl (C=O) groups excluding carboxylic acids is 1. The van der Waals surface area contributed by atoms with Gasteiger partial charge in [-0.3, -0.25) is 4.98 Å². The van der Waals surface area contributed by atoms with Crippen LogP contribution in [0.1, 0.15) is 45.1 Å². The van der Waals surface area contributed by atoms with Crippen LogP contribution in [0.3, 0.4) is 0 Å². The van der Waals surface area contributed by atoms with E-state index in [0.717, 1.165) is 22.8 Å². The molecule has 2 atom stereocenters. The van der Waals surface area contributed by atoms with E-state index in [0.29, 0.717) is 23.8 Å². The maximum atomic E-state index is 11.8. The smallest absolute Gasteiger partial charge is 0.337 e. The molecule has 0 radical (unpaired) electrons. The molecular formula is C25H28N4O3S. The summed E-state index contributed by atoms with van der Waals surface area (Å²) >= 11 is 5.72. The molecule has 3 aromatic rings. The number of aromatic nitrogens is 2. The molecule has 1 aliphatic rings. The highest BCUT2D eigenvalue weighted by Gasteiger charge is 2.41. The average molecular weight is 465 g/mol. The molecule has 1 N–H and O–H groups in total. The summed E-state index contributed by atoms with van der Waals surface area (Å²) in [7, 11) is 3.08. The molecule has 0 spiro atoms. The highest BCUT2D eigenvalue weighted by molar-refractivity contribution is 7.80. The molecule has 172 valence electrons. The second kappa shape index (κ2) is 9.72. The van der Waals surface area contributed by atoms with Crippen molar-refractivity contribution < 1.29 is 14.3 Å². The molecule has 2 aromatic heterocycles. The lowest BCUT2D eigenvalue weighted by atomic mass is 9.97. The van der Waals surface area contributed by atoms with Gasteiger partial charge in [0.05, 0.1) is 37.1 Å². The van der Waals surface area contributed by atoms with Crippen LogP contribution < -0.4 is 5.32 Å². The molecule has 3 heterocycles. The molecule has 0 amide bonds. The number of benzene rings is 1. The molecule has 7 nitrogen and oxygen atoms in total. The van der Waals surface area contributed by atoms with Crippen molar-refractivity contribution in [2.24, 2.45) is 0 Å². The van der Waals surface area contributed by atoms with Crippen LogP contribution in [0.4, 0.5) is 0 Å². The minimum Gasteiger partial charge on any atom is -0.465 e. The van der Waals surface area contributed by atoms with Crippen molar-refractivity contribution in [3.63, 3.8) is 0 Å². The van der Waals surface area contributed by atoms with Gasteiger partial charge in [0.2, 0.25) is 0 Å². The fraction of sp³-hybridized carbons (Fsp3) is 0.320. The van der Waals surface area contributed by atoms with Gasteiger partial charge >= 0.3 is 5.97 Å². The van der Waals surface area contributed by atoms with Gasteiger partial charge in [-0.25, -0.2) is 4.79 Å². The van der Waals surface area contributed by atoms with E-state index in [-0.39, 0.29) is 18.1 Å². The van der Waals surface area contributed by atoms with Crippen molar-refractivity contribution in [1.82, 2.24) is 19.8 Å². The molecule has 8 heteroatoms. The van der Waals surface area contributed by atoms with Crippen LogP contribution >= 0.6 is 12.2 Å². The van der Waals surface area contributed by atoms with Gasteiger partial charge in [0.15, 0.2) is 5.11 Å². The zero-order valence-electron chi connectivity index (χ0n) is 19.2. The molecule has 4 rings (SSSR count). The van der Waals surface area contributed by atoms with Gasteiger partial charge in [0.25, 0.3) is 0 Å². The van der Waals surface area contributed by atoms with E-state index in [1.54, 1.807) is 25.4 Å². The van der Waals surface area contributed by atoms with E-state index in [1.165, 1.54) is 12.7 Å². The lowest BCUT2D eigenvalue weighted by molar-refractivity contribution is 0.0600. The van der Waals surface area contributed by atoms with E-state index in [2.05, 4.69) is 39.7 Å². The second-order valence-corrected chi connectivity index (χ2v) is 8.40. The number of rotatable bonds is 7. The summed E-state index contributed by atoms with van der Waals surface area (Å²) in [6, 6.07) is 15.5. The molecule has 1 fully saturated rings. The Morgan fingerprint density at radius 1 is 1.15 bits per heavy atom. The maximum Gasteiger partial charge on any atom is 0.337 e. The molecule has 1 saturated heterocycles. The summed E-state index contributed by atoms with van der Waals surface area (Å²) in [5.41, 5.74) is 5.82. The number of carbonyl (C=O) groups is 1. The number of methoxy groups -OCH3 is 2. The summed E-state index contributed by atoms with van der Waals surface area (Å²) < 4.78 is 12.4. The third kappa shape index (κ3) is 4.36. The Balaban J connectivity index is 1.77. The lowest BCUT2D eigenvalue weighted by Gasteiger charge is -2.28. The maximum absolute atomic E-state index is 11.8. The normalized spacial score (nSPS) is 17.8. The summed E-state index contributed by atoms with van der Waals surface area (Å²) in [6.07, 6.45) is 1.81. The van der Waals surface area contributed by atoms with Gasteiger partial charge < -0.3 is 24.3 Å². The number of pyridine rings is 1. The van der Waals surface area contributed by atoms with E-state index in [9.17, 15) is 4.79 Å². The van der Waals surface area contributed by atoms with Crippen molar-refractivity contribution in [3.05, 3.63) is 82.9 Å². The number of hydrogen-bond acceptors (Lipinski definition) is 5. The van der Waals surface area contributed by atoms with Gasteiger partial charge in [-0.05, 0) is 74.1 Å². The topological polar surface area (TPSA) is 68.6 Å². The number of esters is 1. The second-order valence-electron chi connectivity index (χ2n) is 8.01. The van der Waals surface area contributed by atoms with Crippen LogP contribution in [-0.4, -0.2) is 52.9 Å². The van der Waals surface area contributed by atoms with Crippen LogP contribution in [0.15, 0.2) is 54.7 Å². The summed E-state index contributed by atoms with van der Waals surface area (Å²) in [5, 5.41) is 4.17. The van der Waals surface area contributed by atoms with Gasteiger partial charge in [0, 0.05) is 36.9 Å². The highest BCUT2D eigenvalue weighted by atomic mass is 32.1. The monoisotopic (exact) mass is 464 g/mol. The lowest BCUT2D eigenvalue weighted by Crippen LogP contribution is -2.32. The summed E-state index contributed by atoms with van der Waals surface area (Å²) in [6.45, 7) is 5.44. The summed E-state index contributed by atoms with van der Waals surface area (Å²) in [4.78, 5) is 18.6. The van der Waals surface area contributed by atoms with Crippen LogP contribution in [0.25, 0.3) is 5.69 Å². The first kappa shape index (κ1) is 22.9. The first-order chi connectivity index (χ1) is 16.0. The number of thiocarbonyl (C=S) groups is 1. The first-order valence-corrected chi connectivity index (χ1v) is 11.2. The Labute approximate surface area is 199 Å². The highest BCUT2D eigenvalue weighted by Crippen LogP contribution is 2.41. The standard InChI is InChI=1S/C25H28N4O3S/c1-16-15-20(17(2)29(16)19-10-8-18(9-11-19)24(30)32-4)23-22(21-7-5-6-12-26-21)27-25(33)28(23)13-14-31-3/h5-12,15,22-23H,13-14H2,1-4H3,(H,27,33)/t22-,23+/m0/s1. The Hall–Kier alpha value is -3.23.